The molecule has 0 N–H and O–H groups in total. The smallest absolute Gasteiger partial charge is 0.233 e. The summed E-state index contributed by atoms with van der Waals surface area (Å²) in [5.74, 6) is 0. The summed E-state index contributed by atoms with van der Waals surface area (Å²) < 4.78 is 2.14. The van der Waals surface area contributed by atoms with Crippen LogP contribution in [-0.4, -0.2) is 12.5 Å². The average Bonchev–Trinajstić information content (AvgIpc) is 2.62. The summed E-state index contributed by atoms with van der Waals surface area (Å²) in [5, 5.41) is 0. The van der Waals surface area contributed by atoms with Crippen LogP contribution < -0.4 is 0 Å². The normalized spacial score (nSPS) is 10.7. The van der Waals surface area contributed by atoms with E-state index in [-0.39, 0.29) is 0 Å². The first-order chi connectivity index (χ1) is 5.79. The Hall–Kier alpha value is -1.28. The first-order valence-corrected chi connectivity index (χ1v) is 6.01. The summed E-state index contributed by atoms with van der Waals surface area (Å²) in [4.78, 5) is 0. The molecule has 12 heavy (non-hydrogen) atoms. The van der Waals surface area contributed by atoms with Crippen LogP contribution in [0.15, 0.2) is 61.4 Å². The van der Waals surface area contributed by atoms with Crippen molar-refractivity contribution < 1.29 is 0 Å². The van der Waals surface area contributed by atoms with E-state index in [1.54, 1.807) is 0 Å². The molecule has 0 radical (unpaired) electrons. The average molecular weight is 175 g/mol. The summed E-state index contributed by atoms with van der Waals surface area (Å²) in [6.07, 6.45) is 4.05. The monoisotopic (exact) mass is 175 g/mol. The van der Waals surface area contributed by atoms with Gasteiger partial charge in [0.1, 0.15) is 0 Å². The molecule has 0 aliphatic carbocycles. The summed E-state index contributed by atoms with van der Waals surface area (Å²) in [7, 11) is -1.83. The van der Waals surface area contributed by atoms with Crippen LogP contribution >= 0.6 is 0 Å². The lowest BCUT2D eigenvalue weighted by atomic mass is 10.7. The van der Waals surface area contributed by atoms with E-state index in [0.29, 0.717) is 0 Å². The Bertz CT molecular complexity index is 263. The molecule has 0 fully saturated rings. The highest BCUT2D eigenvalue weighted by atomic mass is 28.3. The summed E-state index contributed by atoms with van der Waals surface area (Å²) >= 11 is 0. The predicted molar refractivity (Wildman–Crippen MR) is 56.2 cm³/mol. The minimum absolute atomic E-state index is 1.83. The predicted octanol–water partition coefficient (Wildman–Crippen LogP) is 2.46. The van der Waals surface area contributed by atoms with E-state index in [1.807, 2.05) is 41.6 Å². The highest BCUT2D eigenvalue weighted by Crippen LogP contribution is 2.10. The molecule has 0 saturated heterocycles. The van der Waals surface area contributed by atoms with E-state index in [4.69, 9.17) is 0 Å². The van der Waals surface area contributed by atoms with Crippen molar-refractivity contribution in [2.45, 2.75) is 0 Å². The molecule has 2 heteroatoms. The zero-order valence-electron chi connectivity index (χ0n) is 7.11. The van der Waals surface area contributed by atoms with Crippen molar-refractivity contribution in [2.24, 2.45) is 0 Å². The molecular formula is C10H13NSi. The number of rotatable bonds is 4. The highest BCUT2D eigenvalue weighted by molar-refractivity contribution is 6.91. The molecule has 62 valence electrons. The highest BCUT2D eigenvalue weighted by Gasteiger charge is 2.23. The molecule has 1 nitrogen and oxygen atoms in total. The molecule has 0 aliphatic heterocycles. The largest absolute Gasteiger partial charge is 0.370 e. The third-order valence-corrected chi connectivity index (χ3v) is 5.19. The van der Waals surface area contributed by atoms with Gasteiger partial charge in [-0.05, 0) is 24.5 Å². The molecule has 0 spiro atoms. The quantitative estimate of drug-likeness (QED) is 0.619. The molecule has 0 aliphatic rings. The lowest BCUT2D eigenvalue weighted by molar-refractivity contribution is 1.19. The van der Waals surface area contributed by atoms with Crippen LogP contribution in [0.5, 0.6) is 0 Å². The summed E-state index contributed by atoms with van der Waals surface area (Å²) in [6, 6.07) is 4.00. The second-order valence-corrected chi connectivity index (χ2v) is 6.11. The number of aromatic nitrogens is 1. The summed E-state index contributed by atoms with van der Waals surface area (Å²) in [6.45, 7) is 11.5. The fourth-order valence-electron chi connectivity index (χ4n) is 1.16. The van der Waals surface area contributed by atoms with E-state index in [1.165, 1.54) is 0 Å². The van der Waals surface area contributed by atoms with Gasteiger partial charge in [0.05, 0.1) is 0 Å². The van der Waals surface area contributed by atoms with Gasteiger partial charge in [-0.1, -0.05) is 17.1 Å². The molecule has 1 heterocycles. The minimum atomic E-state index is -1.83. The van der Waals surface area contributed by atoms with Crippen molar-refractivity contribution in [1.82, 2.24) is 4.23 Å². The van der Waals surface area contributed by atoms with Gasteiger partial charge >= 0.3 is 0 Å². The van der Waals surface area contributed by atoms with Gasteiger partial charge in [-0.3, -0.25) is 0 Å². The zero-order chi connectivity index (χ0) is 9.03. The Morgan fingerprint density at radius 1 is 0.917 bits per heavy atom. The molecule has 1 aromatic rings. The Kier molecular flexibility index (Phi) is 2.50. The van der Waals surface area contributed by atoms with Gasteiger partial charge in [0.2, 0.25) is 8.24 Å². The van der Waals surface area contributed by atoms with Gasteiger partial charge in [0, 0.05) is 0 Å². The van der Waals surface area contributed by atoms with E-state index in [9.17, 15) is 0 Å². The lowest BCUT2D eigenvalue weighted by Crippen LogP contribution is -2.36. The van der Waals surface area contributed by atoms with Crippen molar-refractivity contribution in [3.63, 3.8) is 0 Å². The first kappa shape index (κ1) is 8.81. The third-order valence-electron chi connectivity index (χ3n) is 2.03. The van der Waals surface area contributed by atoms with Crippen LogP contribution in [0.4, 0.5) is 0 Å². The standard InChI is InChI=1S/C10H13NSi/c1-4-12(5-2,6-3)11-9-7-8-10-11/h4-10H,1-3H2. The second-order valence-electron chi connectivity index (χ2n) is 2.59. The Labute approximate surface area is 74.4 Å². The molecule has 1 aromatic heterocycles. The molecular weight excluding hydrogens is 162 g/mol. The van der Waals surface area contributed by atoms with E-state index in [0.717, 1.165) is 0 Å². The van der Waals surface area contributed by atoms with Gasteiger partial charge < -0.3 is 4.23 Å². The molecule has 0 saturated carbocycles. The van der Waals surface area contributed by atoms with Crippen LogP contribution in [0.1, 0.15) is 0 Å². The third kappa shape index (κ3) is 1.21. The van der Waals surface area contributed by atoms with Crippen molar-refractivity contribution >= 4 is 8.24 Å². The van der Waals surface area contributed by atoms with E-state index >= 15 is 0 Å². The summed E-state index contributed by atoms with van der Waals surface area (Å²) in [5.41, 5.74) is 5.85. The molecule has 1 rings (SSSR count). The topological polar surface area (TPSA) is 4.93 Å². The molecule has 0 aromatic carbocycles. The van der Waals surface area contributed by atoms with Gasteiger partial charge in [0.15, 0.2) is 0 Å². The van der Waals surface area contributed by atoms with Crippen LogP contribution in [0, 0.1) is 0 Å². The minimum Gasteiger partial charge on any atom is -0.370 e. The number of hydrogen-bond donors (Lipinski definition) is 0. The maximum atomic E-state index is 3.83. The molecule has 0 amide bonds. The zero-order valence-corrected chi connectivity index (χ0v) is 8.11. The van der Waals surface area contributed by atoms with E-state index < -0.39 is 8.24 Å². The second kappa shape index (κ2) is 3.41. The van der Waals surface area contributed by atoms with Crippen molar-refractivity contribution in [1.29, 1.82) is 0 Å². The maximum Gasteiger partial charge on any atom is 0.233 e. The first-order valence-electron chi connectivity index (χ1n) is 3.83. The van der Waals surface area contributed by atoms with Crippen LogP contribution in [0.2, 0.25) is 0 Å². The molecule has 0 atom stereocenters. The fraction of sp³-hybridized carbons (Fsp3) is 0. The molecule has 0 unspecified atom stereocenters. The van der Waals surface area contributed by atoms with Gasteiger partial charge in [0.25, 0.3) is 0 Å². The SMILES string of the molecule is C=C[Si](C=C)(C=C)n1cccc1. The Balaban J connectivity index is 3.18. The van der Waals surface area contributed by atoms with Gasteiger partial charge in [-0.25, -0.2) is 0 Å². The molecule has 0 bridgehead atoms. The Morgan fingerprint density at radius 3 is 1.67 bits per heavy atom. The lowest BCUT2D eigenvalue weighted by Gasteiger charge is -2.21. The van der Waals surface area contributed by atoms with Crippen LogP contribution in [0.3, 0.4) is 0 Å². The van der Waals surface area contributed by atoms with Crippen molar-refractivity contribution in [3.8, 4) is 0 Å². The van der Waals surface area contributed by atoms with Crippen LogP contribution in [0.25, 0.3) is 0 Å². The number of hydrogen-bond acceptors (Lipinski definition) is 0. The van der Waals surface area contributed by atoms with Crippen molar-refractivity contribution in [3.05, 3.63) is 61.4 Å². The van der Waals surface area contributed by atoms with Crippen LogP contribution in [-0.2, 0) is 0 Å². The fourth-order valence-corrected chi connectivity index (χ4v) is 2.98. The number of nitrogens with zero attached hydrogens (tertiary/aromatic N) is 1. The van der Waals surface area contributed by atoms with Crippen molar-refractivity contribution in [2.75, 3.05) is 0 Å². The Morgan fingerprint density at radius 2 is 1.33 bits per heavy atom. The van der Waals surface area contributed by atoms with E-state index in [2.05, 4.69) is 24.0 Å². The maximum absolute atomic E-state index is 3.83. The van der Waals surface area contributed by atoms with Gasteiger partial charge in [-0.15, -0.1) is 19.7 Å². The van der Waals surface area contributed by atoms with Gasteiger partial charge in [-0.2, -0.15) is 0 Å².